The smallest absolute Gasteiger partial charge is 0.349 e. The van der Waals surface area contributed by atoms with Gasteiger partial charge in [0.25, 0.3) is 0 Å². The lowest BCUT2D eigenvalue weighted by Crippen LogP contribution is -1.97. The zero-order valence-electron chi connectivity index (χ0n) is 6.03. The molecule has 0 fully saturated rings. The number of esters is 1. The van der Waals surface area contributed by atoms with Gasteiger partial charge in [-0.05, 0) is 0 Å². The van der Waals surface area contributed by atoms with Crippen LogP contribution in [0.5, 0.6) is 0 Å². The van der Waals surface area contributed by atoms with Crippen LogP contribution >= 0.6 is 11.3 Å². The van der Waals surface area contributed by atoms with Gasteiger partial charge in [-0.25, -0.2) is 9.78 Å². The van der Waals surface area contributed by atoms with Crippen LogP contribution in [0.4, 0.5) is 0 Å². The lowest BCUT2D eigenvalue weighted by atomic mass is 10.6. The highest BCUT2D eigenvalue weighted by Crippen LogP contribution is 2.12. The number of thiazole rings is 1. The van der Waals surface area contributed by atoms with E-state index in [4.69, 9.17) is 5.73 Å². The van der Waals surface area contributed by atoms with Crippen molar-refractivity contribution in [2.24, 2.45) is 5.73 Å². The molecular weight excluding hydrogens is 164 g/mol. The molecular formula is C6H8N2O2S. The molecule has 0 atom stereocenters. The Morgan fingerprint density at radius 3 is 3.09 bits per heavy atom. The van der Waals surface area contributed by atoms with Crippen LogP contribution in [0.25, 0.3) is 0 Å². The number of ether oxygens (including phenoxy) is 1. The molecule has 0 bridgehead atoms. The van der Waals surface area contributed by atoms with E-state index < -0.39 is 0 Å². The maximum absolute atomic E-state index is 10.9. The Bertz CT molecular complexity index is 259. The number of carbonyl (C=O) groups excluding carboxylic acids is 1. The molecule has 0 saturated carbocycles. The van der Waals surface area contributed by atoms with E-state index >= 15 is 0 Å². The molecule has 0 unspecified atom stereocenters. The maximum Gasteiger partial charge on any atom is 0.349 e. The summed E-state index contributed by atoms with van der Waals surface area (Å²) >= 11 is 1.25. The monoisotopic (exact) mass is 172 g/mol. The van der Waals surface area contributed by atoms with E-state index in [2.05, 4.69) is 9.72 Å². The summed E-state index contributed by atoms with van der Waals surface area (Å²) in [6, 6.07) is 0. The quantitative estimate of drug-likeness (QED) is 0.655. The number of methoxy groups -OCH3 is 1. The van der Waals surface area contributed by atoms with Gasteiger partial charge in [-0.2, -0.15) is 0 Å². The summed E-state index contributed by atoms with van der Waals surface area (Å²) in [7, 11) is 1.34. The summed E-state index contributed by atoms with van der Waals surface area (Å²) in [5.41, 5.74) is 5.30. The molecule has 0 aliphatic carbocycles. The van der Waals surface area contributed by atoms with Crippen molar-refractivity contribution in [3.63, 3.8) is 0 Å². The third-order valence-electron chi connectivity index (χ3n) is 1.11. The van der Waals surface area contributed by atoms with Crippen molar-refractivity contribution >= 4 is 17.3 Å². The number of hydrogen-bond acceptors (Lipinski definition) is 5. The molecule has 0 spiro atoms. The molecule has 1 aromatic rings. The van der Waals surface area contributed by atoms with Gasteiger partial charge in [0.1, 0.15) is 9.88 Å². The second-order valence-electron chi connectivity index (χ2n) is 1.81. The van der Waals surface area contributed by atoms with Crippen molar-refractivity contribution < 1.29 is 9.53 Å². The lowest BCUT2D eigenvalue weighted by molar-refractivity contribution is 0.0606. The molecule has 60 valence electrons. The molecule has 5 heteroatoms. The van der Waals surface area contributed by atoms with Crippen LogP contribution in [0.1, 0.15) is 14.7 Å². The lowest BCUT2D eigenvalue weighted by Gasteiger charge is -1.90. The van der Waals surface area contributed by atoms with Crippen LogP contribution in [0, 0.1) is 0 Å². The first-order valence-electron chi connectivity index (χ1n) is 3.01. The van der Waals surface area contributed by atoms with Gasteiger partial charge in [-0.1, -0.05) is 0 Å². The van der Waals surface area contributed by atoms with E-state index in [1.165, 1.54) is 24.6 Å². The van der Waals surface area contributed by atoms with Crippen molar-refractivity contribution in [3.05, 3.63) is 16.1 Å². The third-order valence-corrected chi connectivity index (χ3v) is 2.11. The number of rotatable bonds is 2. The Labute approximate surface area is 68.0 Å². The highest BCUT2D eigenvalue weighted by atomic mass is 32.1. The minimum atomic E-state index is -0.359. The van der Waals surface area contributed by atoms with Gasteiger partial charge in [0.2, 0.25) is 0 Å². The summed E-state index contributed by atoms with van der Waals surface area (Å²) in [4.78, 5) is 15.2. The number of nitrogens with two attached hydrogens (primary N) is 1. The highest BCUT2D eigenvalue weighted by Gasteiger charge is 2.08. The van der Waals surface area contributed by atoms with Gasteiger partial charge in [0, 0.05) is 6.54 Å². The zero-order chi connectivity index (χ0) is 8.27. The molecule has 0 aliphatic heterocycles. The van der Waals surface area contributed by atoms with Crippen LogP contribution < -0.4 is 5.73 Å². The van der Waals surface area contributed by atoms with Gasteiger partial charge < -0.3 is 10.5 Å². The Hall–Kier alpha value is -0.940. The molecule has 1 heterocycles. The summed E-state index contributed by atoms with van der Waals surface area (Å²) in [6.07, 6.45) is 1.47. The predicted octanol–water partition coefficient (Wildman–Crippen LogP) is 0.388. The van der Waals surface area contributed by atoms with Crippen molar-refractivity contribution in [1.82, 2.24) is 4.98 Å². The Kier molecular flexibility index (Phi) is 2.56. The van der Waals surface area contributed by atoms with Crippen LogP contribution in [-0.4, -0.2) is 18.1 Å². The van der Waals surface area contributed by atoms with E-state index in [1.54, 1.807) is 0 Å². The minimum Gasteiger partial charge on any atom is -0.465 e. The molecule has 11 heavy (non-hydrogen) atoms. The van der Waals surface area contributed by atoms with E-state index in [-0.39, 0.29) is 5.97 Å². The minimum absolute atomic E-state index is 0.359. The summed E-state index contributed by atoms with van der Waals surface area (Å²) < 4.78 is 4.48. The largest absolute Gasteiger partial charge is 0.465 e. The van der Waals surface area contributed by atoms with Gasteiger partial charge in [-0.3, -0.25) is 0 Å². The average molecular weight is 172 g/mol. The first kappa shape index (κ1) is 8.16. The topological polar surface area (TPSA) is 65.2 Å². The summed E-state index contributed by atoms with van der Waals surface area (Å²) in [6.45, 7) is 0.363. The van der Waals surface area contributed by atoms with Crippen LogP contribution in [0.3, 0.4) is 0 Å². The Morgan fingerprint density at radius 2 is 2.64 bits per heavy atom. The molecule has 4 nitrogen and oxygen atoms in total. The van der Waals surface area contributed by atoms with Gasteiger partial charge >= 0.3 is 5.97 Å². The first-order valence-corrected chi connectivity index (χ1v) is 3.82. The second-order valence-corrected chi connectivity index (χ2v) is 2.93. The Morgan fingerprint density at radius 1 is 1.91 bits per heavy atom. The van der Waals surface area contributed by atoms with Crippen molar-refractivity contribution in [3.8, 4) is 0 Å². The molecule has 0 amide bonds. The third kappa shape index (κ3) is 1.75. The first-order chi connectivity index (χ1) is 5.27. The zero-order valence-corrected chi connectivity index (χ0v) is 6.85. The Balaban J connectivity index is 2.80. The molecule has 1 rings (SSSR count). The number of nitrogens with zero attached hydrogens (tertiary/aromatic N) is 1. The fourth-order valence-electron chi connectivity index (χ4n) is 0.600. The fraction of sp³-hybridized carbons (Fsp3) is 0.333. The van der Waals surface area contributed by atoms with Gasteiger partial charge in [0.05, 0.1) is 13.3 Å². The van der Waals surface area contributed by atoms with Crippen LogP contribution in [0.2, 0.25) is 0 Å². The van der Waals surface area contributed by atoms with E-state index in [0.717, 1.165) is 5.01 Å². The molecule has 0 aliphatic rings. The normalized spacial score (nSPS) is 9.64. The standard InChI is InChI=1S/C6H8N2O2S/c1-10-6(9)4-3-8-5(2-7)11-4/h3H,2,7H2,1H3. The van der Waals surface area contributed by atoms with Gasteiger partial charge in [-0.15, -0.1) is 11.3 Å². The van der Waals surface area contributed by atoms with Crippen LogP contribution in [-0.2, 0) is 11.3 Å². The van der Waals surface area contributed by atoms with E-state index in [0.29, 0.717) is 11.4 Å². The summed E-state index contributed by atoms with van der Waals surface area (Å²) in [5.74, 6) is -0.359. The molecule has 0 radical (unpaired) electrons. The van der Waals surface area contributed by atoms with Crippen molar-refractivity contribution in [1.29, 1.82) is 0 Å². The second kappa shape index (κ2) is 3.45. The van der Waals surface area contributed by atoms with Crippen molar-refractivity contribution in [2.75, 3.05) is 7.11 Å². The van der Waals surface area contributed by atoms with E-state index in [1.807, 2.05) is 0 Å². The number of carbonyl (C=O) groups is 1. The predicted molar refractivity (Wildman–Crippen MR) is 41.3 cm³/mol. The fourth-order valence-corrected chi connectivity index (χ4v) is 1.31. The highest BCUT2D eigenvalue weighted by molar-refractivity contribution is 7.13. The maximum atomic E-state index is 10.9. The van der Waals surface area contributed by atoms with Crippen LogP contribution in [0.15, 0.2) is 6.20 Å². The molecule has 2 N–H and O–H groups in total. The molecule has 0 aromatic carbocycles. The SMILES string of the molecule is COC(=O)c1cnc(CN)s1. The summed E-state index contributed by atoms with van der Waals surface area (Å²) in [5, 5.41) is 0.741. The number of hydrogen-bond donors (Lipinski definition) is 1. The molecule has 1 aromatic heterocycles. The van der Waals surface area contributed by atoms with Crippen molar-refractivity contribution in [2.45, 2.75) is 6.54 Å². The van der Waals surface area contributed by atoms with Gasteiger partial charge in [0.15, 0.2) is 0 Å². The average Bonchev–Trinajstić information content (AvgIpc) is 2.50. The molecule has 0 saturated heterocycles. The number of aromatic nitrogens is 1. The van der Waals surface area contributed by atoms with E-state index in [9.17, 15) is 4.79 Å².